The average molecular weight is 246 g/mol. The van der Waals surface area contributed by atoms with Gasteiger partial charge in [0.15, 0.2) is 0 Å². The summed E-state index contributed by atoms with van der Waals surface area (Å²) < 4.78 is 0. The maximum absolute atomic E-state index is 11.1. The van der Waals surface area contributed by atoms with Gasteiger partial charge >= 0.3 is 6.03 Å². The standard InChI is InChI=1S/C15H22N2O/c1-11(2)12-3-5-13(6-4-12)14-7-9-17(10-8-14)15(16)18/h3-6,11,14H,7-10H2,1-2H3,(H2,16,18). The zero-order chi connectivity index (χ0) is 13.1. The van der Waals surface area contributed by atoms with Crippen molar-refractivity contribution in [3.63, 3.8) is 0 Å². The van der Waals surface area contributed by atoms with Crippen molar-refractivity contribution in [2.24, 2.45) is 5.73 Å². The van der Waals surface area contributed by atoms with Crippen molar-refractivity contribution in [2.75, 3.05) is 13.1 Å². The van der Waals surface area contributed by atoms with Crippen molar-refractivity contribution in [1.29, 1.82) is 0 Å². The summed E-state index contributed by atoms with van der Waals surface area (Å²) in [6.45, 7) is 5.98. The van der Waals surface area contributed by atoms with Crippen LogP contribution in [-0.4, -0.2) is 24.0 Å². The van der Waals surface area contributed by atoms with Crippen LogP contribution in [0.3, 0.4) is 0 Å². The van der Waals surface area contributed by atoms with Crippen LogP contribution in [0, 0.1) is 0 Å². The number of hydrogen-bond donors (Lipinski definition) is 1. The van der Waals surface area contributed by atoms with Crippen molar-refractivity contribution in [2.45, 2.75) is 38.5 Å². The molecule has 2 amide bonds. The number of amides is 2. The first-order valence-electron chi connectivity index (χ1n) is 6.72. The SMILES string of the molecule is CC(C)c1ccc(C2CCN(C(N)=O)CC2)cc1. The van der Waals surface area contributed by atoms with E-state index in [4.69, 9.17) is 5.73 Å². The van der Waals surface area contributed by atoms with Gasteiger partial charge < -0.3 is 10.6 Å². The van der Waals surface area contributed by atoms with E-state index in [0.29, 0.717) is 11.8 Å². The molecule has 0 aromatic heterocycles. The maximum Gasteiger partial charge on any atom is 0.314 e. The first-order valence-corrected chi connectivity index (χ1v) is 6.72. The molecule has 1 saturated heterocycles. The molecule has 18 heavy (non-hydrogen) atoms. The van der Waals surface area contributed by atoms with E-state index in [1.165, 1.54) is 11.1 Å². The second kappa shape index (κ2) is 5.42. The number of carbonyl (C=O) groups excluding carboxylic acids is 1. The van der Waals surface area contributed by atoms with E-state index >= 15 is 0 Å². The fraction of sp³-hybridized carbons (Fsp3) is 0.533. The Morgan fingerprint density at radius 1 is 1.22 bits per heavy atom. The van der Waals surface area contributed by atoms with Gasteiger partial charge in [-0.2, -0.15) is 0 Å². The number of nitrogens with two attached hydrogens (primary N) is 1. The molecule has 1 aromatic carbocycles. The Hall–Kier alpha value is -1.51. The summed E-state index contributed by atoms with van der Waals surface area (Å²) in [7, 11) is 0. The van der Waals surface area contributed by atoms with Gasteiger partial charge in [-0.15, -0.1) is 0 Å². The van der Waals surface area contributed by atoms with E-state index in [0.717, 1.165) is 25.9 Å². The number of piperidine rings is 1. The van der Waals surface area contributed by atoms with E-state index in [2.05, 4.69) is 38.1 Å². The van der Waals surface area contributed by atoms with Crippen LogP contribution in [0.25, 0.3) is 0 Å². The Morgan fingerprint density at radius 3 is 2.22 bits per heavy atom. The van der Waals surface area contributed by atoms with Gasteiger partial charge in [0.2, 0.25) is 0 Å². The number of hydrogen-bond acceptors (Lipinski definition) is 1. The molecular formula is C15H22N2O. The number of rotatable bonds is 2. The highest BCUT2D eigenvalue weighted by atomic mass is 16.2. The normalized spacial score (nSPS) is 17.2. The van der Waals surface area contributed by atoms with Crippen molar-refractivity contribution < 1.29 is 4.79 Å². The molecule has 2 N–H and O–H groups in total. The molecule has 1 fully saturated rings. The summed E-state index contributed by atoms with van der Waals surface area (Å²) in [5, 5.41) is 0. The quantitative estimate of drug-likeness (QED) is 0.856. The van der Waals surface area contributed by atoms with Crippen LogP contribution in [0.5, 0.6) is 0 Å². The van der Waals surface area contributed by atoms with E-state index in [1.54, 1.807) is 4.90 Å². The first kappa shape index (κ1) is 12.9. The average Bonchev–Trinajstić information content (AvgIpc) is 2.39. The Morgan fingerprint density at radius 2 is 1.78 bits per heavy atom. The van der Waals surface area contributed by atoms with Gasteiger partial charge in [0.05, 0.1) is 0 Å². The molecule has 0 radical (unpaired) electrons. The van der Waals surface area contributed by atoms with Crippen LogP contribution < -0.4 is 5.73 Å². The number of primary amides is 1. The van der Waals surface area contributed by atoms with Crippen LogP contribution >= 0.6 is 0 Å². The largest absolute Gasteiger partial charge is 0.351 e. The second-order valence-electron chi connectivity index (χ2n) is 5.42. The molecule has 0 aliphatic carbocycles. The fourth-order valence-electron chi connectivity index (χ4n) is 2.59. The Balaban J connectivity index is 1.99. The lowest BCUT2D eigenvalue weighted by atomic mass is 9.88. The highest BCUT2D eigenvalue weighted by Crippen LogP contribution is 2.28. The molecule has 0 bridgehead atoms. The lowest BCUT2D eigenvalue weighted by Crippen LogP contribution is -2.41. The zero-order valence-electron chi connectivity index (χ0n) is 11.2. The molecule has 98 valence electrons. The summed E-state index contributed by atoms with van der Waals surface area (Å²) in [5.74, 6) is 1.15. The minimum Gasteiger partial charge on any atom is -0.351 e. The van der Waals surface area contributed by atoms with Crippen molar-refractivity contribution in [3.05, 3.63) is 35.4 Å². The smallest absolute Gasteiger partial charge is 0.314 e. The second-order valence-corrected chi connectivity index (χ2v) is 5.42. The van der Waals surface area contributed by atoms with Gasteiger partial charge in [0, 0.05) is 13.1 Å². The predicted octanol–water partition coefficient (Wildman–Crippen LogP) is 3.07. The molecule has 3 heteroatoms. The van der Waals surface area contributed by atoms with Crippen molar-refractivity contribution >= 4 is 6.03 Å². The third-order valence-corrected chi connectivity index (χ3v) is 3.88. The van der Waals surface area contributed by atoms with Crippen LogP contribution in [-0.2, 0) is 0 Å². The van der Waals surface area contributed by atoms with Crippen LogP contribution in [0.2, 0.25) is 0 Å². The number of nitrogens with zero attached hydrogens (tertiary/aromatic N) is 1. The Bertz CT molecular complexity index is 403. The molecule has 1 aromatic rings. The van der Waals surface area contributed by atoms with Gasteiger partial charge in [-0.25, -0.2) is 4.79 Å². The van der Waals surface area contributed by atoms with Crippen LogP contribution in [0.15, 0.2) is 24.3 Å². The highest BCUT2D eigenvalue weighted by molar-refractivity contribution is 5.72. The summed E-state index contributed by atoms with van der Waals surface area (Å²) >= 11 is 0. The zero-order valence-corrected chi connectivity index (χ0v) is 11.2. The van der Waals surface area contributed by atoms with Crippen molar-refractivity contribution in [3.8, 4) is 0 Å². The molecule has 0 spiro atoms. The van der Waals surface area contributed by atoms with Gasteiger partial charge in [0.1, 0.15) is 0 Å². The Kier molecular flexibility index (Phi) is 3.90. The lowest BCUT2D eigenvalue weighted by Gasteiger charge is -2.31. The first-order chi connectivity index (χ1) is 8.58. The predicted molar refractivity (Wildman–Crippen MR) is 73.7 cm³/mol. The number of carbonyl (C=O) groups is 1. The summed E-state index contributed by atoms with van der Waals surface area (Å²) in [4.78, 5) is 12.8. The number of benzene rings is 1. The topological polar surface area (TPSA) is 46.3 Å². The summed E-state index contributed by atoms with van der Waals surface area (Å²) in [6, 6.07) is 8.63. The third-order valence-electron chi connectivity index (χ3n) is 3.88. The van der Waals surface area contributed by atoms with E-state index in [-0.39, 0.29) is 6.03 Å². The molecule has 1 heterocycles. The highest BCUT2D eigenvalue weighted by Gasteiger charge is 2.22. The molecule has 2 rings (SSSR count). The van der Waals surface area contributed by atoms with Crippen molar-refractivity contribution in [1.82, 2.24) is 4.90 Å². The lowest BCUT2D eigenvalue weighted by molar-refractivity contribution is 0.190. The molecular weight excluding hydrogens is 224 g/mol. The molecule has 0 saturated carbocycles. The van der Waals surface area contributed by atoms with Crippen LogP contribution in [0.1, 0.15) is 49.7 Å². The third kappa shape index (κ3) is 2.84. The Labute approximate surface area is 109 Å². The number of likely N-dealkylation sites (tertiary alicyclic amines) is 1. The molecule has 1 aliphatic rings. The monoisotopic (exact) mass is 246 g/mol. The molecule has 3 nitrogen and oxygen atoms in total. The number of urea groups is 1. The summed E-state index contributed by atoms with van der Waals surface area (Å²) in [5.41, 5.74) is 8.07. The maximum atomic E-state index is 11.1. The van der Waals surface area contributed by atoms with Gasteiger partial charge in [-0.3, -0.25) is 0 Å². The van der Waals surface area contributed by atoms with Gasteiger partial charge in [-0.1, -0.05) is 38.1 Å². The molecule has 0 atom stereocenters. The fourth-order valence-corrected chi connectivity index (χ4v) is 2.59. The minimum atomic E-state index is -0.288. The van der Waals surface area contributed by atoms with Gasteiger partial charge in [0.25, 0.3) is 0 Å². The van der Waals surface area contributed by atoms with E-state index in [1.807, 2.05) is 0 Å². The van der Waals surface area contributed by atoms with E-state index < -0.39 is 0 Å². The van der Waals surface area contributed by atoms with Crippen LogP contribution in [0.4, 0.5) is 4.79 Å². The minimum absolute atomic E-state index is 0.288. The summed E-state index contributed by atoms with van der Waals surface area (Å²) in [6.07, 6.45) is 2.04. The van der Waals surface area contributed by atoms with E-state index in [9.17, 15) is 4.79 Å². The molecule has 0 unspecified atom stereocenters. The molecule has 1 aliphatic heterocycles. The van der Waals surface area contributed by atoms with Gasteiger partial charge in [-0.05, 0) is 35.8 Å².